The molecule has 0 radical (unpaired) electrons. The lowest BCUT2D eigenvalue weighted by molar-refractivity contribution is -0.122. The molecule has 1 amide bonds. The molecule has 1 heterocycles. The van der Waals surface area contributed by atoms with Gasteiger partial charge in [0.1, 0.15) is 0 Å². The SMILES string of the molecule is Cc1cc(N2CCN(C)CC2)ccc1NC(=O)CC1(O)CCCCC1. The second kappa shape index (κ2) is 7.75. The number of carbonyl (C=O) groups is 1. The Balaban J connectivity index is 1.60. The molecule has 3 rings (SSSR count). The van der Waals surface area contributed by atoms with Crippen molar-refractivity contribution in [2.24, 2.45) is 0 Å². The largest absolute Gasteiger partial charge is 0.389 e. The van der Waals surface area contributed by atoms with Crippen molar-refractivity contribution in [3.8, 4) is 0 Å². The molecule has 0 spiro atoms. The number of nitrogens with one attached hydrogen (secondary N) is 1. The number of aliphatic hydroxyl groups is 1. The molecule has 5 heteroatoms. The molecule has 138 valence electrons. The number of anilines is 2. The van der Waals surface area contributed by atoms with Crippen LogP contribution in [0.25, 0.3) is 0 Å². The van der Waals surface area contributed by atoms with Gasteiger partial charge in [0, 0.05) is 37.6 Å². The second-order valence-corrected chi connectivity index (χ2v) is 7.80. The molecule has 25 heavy (non-hydrogen) atoms. The molecule has 0 unspecified atom stereocenters. The van der Waals surface area contributed by atoms with Gasteiger partial charge in [-0.05, 0) is 50.6 Å². The summed E-state index contributed by atoms with van der Waals surface area (Å²) in [5.41, 5.74) is 2.33. The van der Waals surface area contributed by atoms with Crippen molar-refractivity contribution in [3.05, 3.63) is 23.8 Å². The molecule has 0 aromatic heterocycles. The minimum Gasteiger partial charge on any atom is -0.389 e. The van der Waals surface area contributed by atoms with Gasteiger partial charge < -0.3 is 20.2 Å². The number of hydrogen-bond donors (Lipinski definition) is 2. The summed E-state index contributed by atoms with van der Waals surface area (Å²) in [6.45, 7) is 6.26. The van der Waals surface area contributed by atoms with E-state index in [0.29, 0.717) is 0 Å². The minimum absolute atomic E-state index is 0.0835. The first-order valence-electron chi connectivity index (χ1n) is 9.52. The molecule has 1 aliphatic carbocycles. The van der Waals surface area contributed by atoms with E-state index in [-0.39, 0.29) is 12.3 Å². The standard InChI is InChI=1S/C20H31N3O2/c1-16-14-17(23-12-10-22(2)11-13-23)6-7-18(16)21-19(24)15-20(25)8-4-3-5-9-20/h6-7,14,25H,3-5,8-13,15H2,1-2H3,(H,21,24). The molecule has 2 fully saturated rings. The van der Waals surface area contributed by atoms with Crippen LogP contribution in [-0.2, 0) is 4.79 Å². The molecule has 2 N–H and O–H groups in total. The molecule has 1 saturated heterocycles. The summed E-state index contributed by atoms with van der Waals surface area (Å²) in [5.74, 6) is -0.0835. The van der Waals surface area contributed by atoms with Crippen molar-refractivity contribution in [3.63, 3.8) is 0 Å². The number of rotatable bonds is 4. The quantitative estimate of drug-likeness (QED) is 0.881. The number of likely N-dealkylation sites (N-methyl/N-ethyl adjacent to an activating group) is 1. The third-order valence-corrected chi connectivity index (χ3v) is 5.63. The van der Waals surface area contributed by atoms with Crippen LogP contribution in [0.3, 0.4) is 0 Å². The first-order chi connectivity index (χ1) is 12.0. The molecular formula is C20H31N3O2. The summed E-state index contributed by atoms with van der Waals surface area (Å²) in [5, 5.41) is 13.5. The van der Waals surface area contributed by atoms with E-state index in [9.17, 15) is 9.90 Å². The van der Waals surface area contributed by atoms with E-state index in [1.807, 2.05) is 13.0 Å². The Morgan fingerprint density at radius 1 is 1.16 bits per heavy atom. The molecule has 5 nitrogen and oxygen atoms in total. The van der Waals surface area contributed by atoms with Crippen LogP contribution in [0.15, 0.2) is 18.2 Å². The van der Waals surface area contributed by atoms with Gasteiger partial charge in [0.05, 0.1) is 12.0 Å². The Labute approximate surface area is 151 Å². The second-order valence-electron chi connectivity index (χ2n) is 7.80. The monoisotopic (exact) mass is 345 g/mol. The lowest BCUT2D eigenvalue weighted by Gasteiger charge is -2.34. The van der Waals surface area contributed by atoms with Gasteiger partial charge in [-0.2, -0.15) is 0 Å². The lowest BCUT2D eigenvalue weighted by atomic mass is 9.82. The van der Waals surface area contributed by atoms with E-state index in [0.717, 1.165) is 69.5 Å². The van der Waals surface area contributed by atoms with Gasteiger partial charge >= 0.3 is 0 Å². The number of hydrogen-bond acceptors (Lipinski definition) is 4. The third kappa shape index (κ3) is 4.73. The average molecular weight is 345 g/mol. The Bertz CT molecular complexity index is 603. The Morgan fingerprint density at radius 2 is 1.84 bits per heavy atom. The van der Waals surface area contributed by atoms with E-state index in [4.69, 9.17) is 0 Å². The zero-order valence-corrected chi connectivity index (χ0v) is 15.6. The van der Waals surface area contributed by atoms with Gasteiger partial charge in [0.25, 0.3) is 0 Å². The maximum absolute atomic E-state index is 12.4. The van der Waals surface area contributed by atoms with Crippen molar-refractivity contribution in [2.45, 2.75) is 51.0 Å². The van der Waals surface area contributed by atoms with Crippen LogP contribution in [0.4, 0.5) is 11.4 Å². The average Bonchev–Trinajstić information content (AvgIpc) is 2.57. The fraction of sp³-hybridized carbons (Fsp3) is 0.650. The van der Waals surface area contributed by atoms with Gasteiger partial charge in [-0.1, -0.05) is 19.3 Å². The Kier molecular flexibility index (Phi) is 5.64. The molecule has 1 aliphatic heterocycles. The van der Waals surface area contributed by atoms with Crippen LogP contribution in [0.5, 0.6) is 0 Å². The highest BCUT2D eigenvalue weighted by Gasteiger charge is 2.31. The van der Waals surface area contributed by atoms with E-state index in [2.05, 4.69) is 34.3 Å². The molecule has 0 atom stereocenters. The van der Waals surface area contributed by atoms with Crippen LogP contribution in [-0.4, -0.2) is 54.7 Å². The number of nitrogens with zero attached hydrogens (tertiary/aromatic N) is 2. The summed E-state index contributed by atoms with van der Waals surface area (Å²) in [6.07, 6.45) is 4.87. The van der Waals surface area contributed by atoms with E-state index in [1.54, 1.807) is 0 Å². The van der Waals surface area contributed by atoms with Crippen LogP contribution in [0.1, 0.15) is 44.1 Å². The van der Waals surface area contributed by atoms with Gasteiger partial charge in [-0.25, -0.2) is 0 Å². The van der Waals surface area contributed by atoms with E-state index < -0.39 is 5.60 Å². The fourth-order valence-corrected chi connectivity index (χ4v) is 3.93. The van der Waals surface area contributed by atoms with Crippen molar-refractivity contribution in [1.82, 2.24) is 4.90 Å². The summed E-state index contributed by atoms with van der Waals surface area (Å²) in [7, 11) is 2.15. The van der Waals surface area contributed by atoms with Crippen molar-refractivity contribution < 1.29 is 9.90 Å². The van der Waals surface area contributed by atoms with E-state index in [1.165, 1.54) is 5.69 Å². The maximum Gasteiger partial charge on any atom is 0.227 e. The zero-order valence-electron chi connectivity index (χ0n) is 15.6. The van der Waals surface area contributed by atoms with Crippen LogP contribution in [0.2, 0.25) is 0 Å². The normalized spacial score (nSPS) is 21.2. The molecule has 1 aromatic carbocycles. The Hall–Kier alpha value is -1.59. The first kappa shape index (κ1) is 18.2. The lowest BCUT2D eigenvalue weighted by Crippen LogP contribution is -2.44. The predicted octanol–water partition coefficient (Wildman–Crippen LogP) is 2.77. The van der Waals surface area contributed by atoms with Crippen LogP contribution < -0.4 is 10.2 Å². The highest BCUT2D eigenvalue weighted by atomic mass is 16.3. The van der Waals surface area contributed by atoms with Gasteiger partial charge in [-0.3, -0.25) is 4.79 Å². The molecule has 0 bridgehead atoms. The van der Waals surface area contributed by atoms with Gasteiger partial charge in [0.2, 0.25) is 5.91 Å². The summed E-state index contributed by atoms with van der Waals surface area (Å²) >= 11 is 0. The van der Waals surface area contributed by atoms with Crippen molar-refractivity contribution in [2.75, 3.05) is 43.4 Å². The van der Waals surface area contributed by atoms with Crippen LogP contribution >= 0.6 is 0 Å². The summed E-state index contributed by atoms with van der Waals surface area (Å²) < 4.78 is 0. The number of benzene rings is 1. The predicted molar refractivity (Wildman–Crippen MR) is 102 cm³/mol. The topological polar surface area (TPSA) is 55.8 Å². The van der Waals surface area contributed by atoms with Crippen LogP contribution in [0, 0.1) is 6.92 Å². The van der Waals surface area contributed by atoms with E-state index >= 15 is 0 Å². The number of carbonyl (C=O) groups excluding carboxylic acids is 1. The van der Waals surface area contributed by atoms with Crippen molar-refractivity contribution >= 4 is 17.3 Å². The smallest absolute Gasteiger partial charge is 0.227 e. The third-order valence-electron chi connectivity index (χ3n) is 5.63. The summed E-state index contributed by atoms with van der Waals surface area (Å²) in [4.78, 5) is 17.1. The molecule has 1 aromatic rings. The summed E-state index contributed by atoms with van der Waals surface area (Å²) in [6, 6.07) is 6.23. The number of piperazine rings is 1. The maximum atomic E-state index is 12.4. The van der Waals surface area contributed by atoms with Crippen molar-refractivity contribution in [1.29, 1.82) is 0 Å². The fourth-order valence-electron chi connectivity index (χ4n) is 3.93. The number of aryl methyl sites for hydroxylation is 1. The minimum atomic E-state index is -0.810. The Morgan fingerprint density at radius 3 is 2.48 bits per heavy atom. The molecule has 1 saturated carbocycles. The van der Waals surface area contributed by atoms with Gasteiger partial charge in [-0.15, -0.1) is 0 Å². The number of amides is 1. The zero-order chi connectivity index (χ0) is 17.9. The highest BCUT2D eigenvalue weighted by molar-refractivity contribution is 5.92. The first-order valence-corrected chi connectivity index (χ1v) is 9.52. The van der Waals surface area contributed by atoms with Gasteiger partial charge in [0.15, 0.2) is 0 Å². The molecular weight excluding hydrogens is 314 g/mol. The highest BCUT2D eigenvalue weighted by Crippen LogP contribution is 2.31. The molecule has 2 aliphatic rings.